The van der Waals surface area contributed by atoms with E-state index in [4.69, 9.17) is 4.63 Å². The lowest BCUT2D eigenvalue weighted by molar-refractivity contribution is -0.382. The zero-order valence-electron chi connectivity index (χ0n) is 14.6. The summed E-state index contributed by atoms with van der Waals surface area (Å²) in [7, 11) is 3.94. The number of aromatic nitrogens is 2. The standard InChI is InChI=1S/C17H20N6O3/c1-22(2)9-8-18-13-10-14(19-11-12-6-4-3-5-7-12)17(23(24)25)16-15(13)20-26-21-16/h3-7,10,18-19H,8-9,11H2,1-2H3. The summed E-state index contributed by atoms with van der Waals surface area (Å²) < 4.78 is 4.76. The SMILES string of the molecule is CN(C)CCNc1cc(NCc2ccccc2)c([N+](=O)[O-])c2nonc12. The number of likely N-dealkylation sites (N-methyl/N-ethyl adjacent to an activating group) is 1. The van der Waals surface area contributed by atoms with Gasteiger partial charge < -0.3 is 15.5 Å². The van der Waals surface area contributed by atoms with Crippen molar-refractivity contribution in [2.24, 2.45) is 0 Å². The van der Waals surface area contributed by atoms with Gasteiger partial charge in [0, 0.05) is 19.6 Å². The lowest BCUT2D eigenvalue weighted by atomic mass is 10.1. The van der Waals surface area contributed by atoms with Crippen molar-refractivity contribution in [3.8, 4) is 0 Å². The zero-order chi connectivity index (χ0) is 18.5. The van der Waals surface area contributed by atoms with Crippen LogP contribution >= 0.6 is 0 Å². The number of hydrogen-bond donors (Lipinski definition) is 2. The van der Waals surface area contributed by atoms with Crippen molar-refractivity contribution < 1.29 is 9.55 Å². The van der Waals surface area contributed by atoms with Crippen molar-refractivity contribution in [2.75, 3.05) is 37.8 Å². The van der Waals surface area contributed by atoms with Gasteiger partial charge in [-0.15, -0.1) is 0 Å². The summed E-state index contributed by atoms with van der Waals surface area (Å²) in [5.41, 5.74) is 2.36. The molecule has 0 radical (unpaired) electrons. The van der Waals surface area contributed by atoms with E-state index in [9.17, 15) is 10.1 Å². The predicted molar refractivity (Wildman–Crippen MR) is 99.3 cm³/mol. The number of rotatable bonds is 8. The monoisotopic (exact) mass is 356 g/mol. The van der Waals surface area contributed by atoms with Gasteiger partial charge in [-0.3, -0.25) is 10.1 Å². The molecule has 0 saturated carbocycles. The topological polar surface area (TPSA) is 109 Å². The van der Waals surface area contributed by atoms with Crippen molar-refractivity contribution in [3.63, 3.8) is 0 Å². The fraction of sp³-hybridized carbons (Fsp3) is 0.294. The molecule has 0 fully saturated rings. The maximum absolute atomic E-state index is 11.6. The van der Waals surface area contributed by atoms with Gasteiger partial charge in [-0.2, -0.15) is 0 Å². The maximum Gasteiger partial charge on any atom is 0.323 e. The van der Waals surface area contributed by atoms with Gasteiger partial charge in [-0.05, 0) is 36.0 Å². The average molecular weight is 356 g/mol. The third kappa shape index (κ3) is 3.89. The van der Waals surface area contributed by atoms with Crippen molar-refractivity contribution in [2.45, 2.75) is 6.54 Å². The van der Waals surface area contributed by atoms with Crippen LogP contribution in [0.5, 0.6) is 0 Å². The molecular formula is C17H20N6O3. The molecule has 3 rings (SSSR count). The van der Waals surface area contributed by atoms with E-state index in [2.05, 4.69) is 20.9 Å². The van der Waals surface area contributed by atoms with Gasteiger partial charge in [0.25, 0.3) is 0 Å². The fourth-order valence-corrected chi connectivity index (χ4v) is 2.59. The van der Waals surface area contributed by atoms with Gasteiger partial charge in [0.05, 0.1) is 10.6 Å². The molecule has 0 unspecified atom stereocenters. The van der Waals surface area contributed by atoms with Crippen LogP contribution in [0.4, 0.5) is 17.1 Å². The van der Waals surface area contributed by atoms with Crippen LogP contribution < -0.4 is 10.6 Å². The van der Waals surface area contributed by atoms with Gasteiger partial charge in [-0.1, -0.05) is 30.3 Å². The van der Waals surface area contributed by atoms with Crippen molar-refractivity contribution >= 4 is 28.1 Å². The fourth-order valence-electron chi connectivity index (χ4n) is 2.59. The van der Waals surface area contributed by atoms with Crippen molar-refractivity contribution in [3.05, 3.63) is 52.1 Å². The van der Waals surface area contributed by atoms with E-state index in [-0.39, 0.29) is 11.2 Å². The smallest absolute Gasteiger partial charge is 0.323 e. The number of benzene rings is 2. The molecule has 0 amide bonds. The summed E-state index contributed by atoms with van der Waals surface area (Å²) in [4.78, 5) is 13.2. The van der Waals surface area contributed by atoms with Gasteiger partial charge >= 0.3 is 5.69 Å². The summed E-state index contributed by atoms with van der Waals surface area (Å²) in [6, 6.07) is 11.3. The molecule has 2 aromatic carbocycles. The number of nitrogens with zero attached hydrogens (tertiary/aromatic N) is 4. The second kappa shape index (κ2) is 7.79. The van der Waals surface area contributed by atoms with E-state index in [1.54, 1.807) is 6.07 Å². The summed E-state index contributed by atoms with van der Waals surface area (Å²) in [6.45, 7) is 1.91. The van der Waals surface area contributed by atoms with Gasteiger partial charge in [0.1, 0.15) is 5.69 Å². The highest BCUT2D eigenvalue weighted by Crippen LogP contribution is 2.36. The normalized spacial score (nSPS) is 11.0. The highest BCUT2D eigenvalue weighted by Gasteiger charge is 2.25. The van der Waals surface area contributed by atoms with Crippen LogP contribution in [0.2, 0.25) is 0 Å². The Morgan fingerprint density at radius 1 is 1.12 bits per heavy atom. The number of hydrogen-bond acceptors (Lipinski definition) is 8. The van der Waals surface area contributed by atoms with E-state index < -0.39 is 4.92 Å². The van der Waals surface area contributed by atoms with Crippen molar-refractivity contribution in [1.82, 2.24) is 15.2 Å². The van der Waals surface area contributed by atoms with Crippen LogP contribution in [0.1, 0.15) is 5.56 Å². The molecular weight excluding hydrogens is 336 g/mol. The maximum atomic E-state index is 11.6. The molecule has 9 heteroatoms. The molecule has 0 atom stereocenters. The minimum Gasteiger partial charge on any atom is -0.382 e. The Kier molecular flexibility index (Phi) is 5.28. The van der Waals surface area contributed by atoms with Crippen LogP contribution in [0, 0.1) is 10.1 Å². The molecule has 3 aromatic rings. The number of fused-ring (bicyclic) bond motifs is 1. The second-order valence-corrected chi connectivity index (χ2v) is 6.11. The minimum absolute atomic E-state index is 0.125. The molecule has 0 bridgehead atoms. The number of nitro groups is 1. The van der Waals surface area contributed by atoms with E-state index in [0.717, 1.165) is 12.1 Å². The molecule has 0 saturated heterocycles. The predicted octanol–water partition coefficient (Wildman–Crippen LogP) is 2.72. The molecule has 0 spiro atoms. The Hall–Kier alpha value is -3.20. The molecule has 2 N–H and O–H groups in total. The lowest BCUT2D eigenvalue weighted by Gasteiger charge is -2.13. The third-order valence-corrected chi connectivity index (χ3v) is 3.89. The number of anilines is 2. The molecule has 0 aliphatic rings. The summed E-state index contributed by atoms with van der Waals surface area (Å²) in [5, 5.41) is 25.5. The first-order chi connectivity index (χ1) is 12.6. The van der Waals surface area contributed by atoms with Gasteiger partial charge in [-0.25, -0.2) is 4.63 Å². The first kappa shape index (κ1) is 17.6. The van der Waals surface area contributed by atoms with Crippen LogP contribution in [0.3, 0.4) is 0 Å². The molecule has 136 valence electrons. The minimum atomic E-state index is -0.469. The first-order valence-corrected chi connectivity index (χ1v) is 8.16. The lowest BCUT2D eigenvalue weighted by Crippen LogP contribution is -2.21. The van der Waals surface area contributed by atoms with E-state index in [1.807, 2.05) is 49.3 Å². The Labute approximate surface area is 150 Å². The highest BCUT2D eigenvalue weighted by molar-refractivity contribution is 5.99. The summed E-state index contributed by atoms with van der Waals surface area (Å²) >= 11 is 0. The largest absolute Gasteiger partial charge is 0.382 e. The Morgan fingerprint density at radius 2 is 1.85 bits per heavy atom. The molecule has 0 aliphatic heterocycles. The summed E-state index contributed by atoms with van der Waals surface area (Å²) in [5.74, 6) is 0. The van der Waals surface area contributed by atoms with Gasteiger partial charge in [0.2, 0.25) is 5.52 Å². The van der Waals surface area contributed by atoms with Gasteiger partial charge in [0.15, 0.2) is 5.52 Å². The van der Waals surface area contributed by atoms with Crippen molar-refractivity contribution in [1.29, 1.82) is 0 Å². The highest BCUT2D eigenvalue weighted by atomic mass is 16.6. The summed E-state index contributed by atoms with van der Waals surface area (Å²) in [6.07, 6.45) is 0. The molecule has 1 aromatic heterocycles. The van der Waals surface area contributed by atoms with Crippen LogP contribution in [-0.2, 0) is 6.54 Å². The van der Waals surface area contributed by atoms with E-state index in [1.165, 1.54) is 0 Å². The Balaban J connectivity index is 1.93. The van der Waals surface area contributed by atoms with E-state index >= 15 is 0 Å². The molecule has 26 heavy (non-hydrogen) atoms. The Bertz CT molecular complexity index is 894. The Morgan fingerprint density at radius 3 is 2.54 bits per heavy atom. The quantitative estimate of drug-likeness (QED) is 0.468. The molecule has 9 nitrogen and oxygen atoms in total. The van der Waals surface area contributed by atoms with E-state index in [0.29, 0.717) is 30.0 Å². The zero-order valence-corrected chi connectivity index (χ0v) is 14.6. The van der Waals surface area contributed by atoms with Crippen LogP contribution in [-0.4, -0.2) is 47.3 Å². The number of nitro benzene ring substituents is 1. The first-order valence-electron chi connectivity index (χ1n) is 8.16. The number of nitrogens with one attached hydrogen (secondary N) is 2. The second-order valence-electron chi connectivity index (χ2n) is 6.11. The molecule has 0 aliphatic carbocycles. The molecule has 1 heterocycles. The average Bonchev–Trinajstić information content (AvgIpc) is 3.09. The van der Waals surface area contributed by atoms with Crippen LogP contribution in [0.15, 0.2) is 41.0 Å². The van der Waals surface area contributed by atoms with Crippen LogP contribution in [0.25, 0.3) is 11.0 Å². The third-order valence-electron chi connectivity index (χ3n) is 3.89.